The second-order valence-corrected chi connectivity index (χ2v) is 4.26. The van der Waals surface area contributed by atoms with Gasteiger partial charge < -0.3 is 18.9 Å². The summed E-state index contributed by atoms with van der Waals surface area (Å²) in [4.78, 5) is 19.9. The van der Waals surface area contributed by atoms with E-state index in [0.717, 1.165) is 0 Å². The molecule has 0 saturated carbocycles. The number of rotatable bonds is 6. The zero-order chi connectivity index (χ0) is 16.7. The van der Waals surface area contributed by atoms with Crippen LogP contribution in [0.3, 0.4) is 0 Å². The molecule has 0 saturated heterocycles. The van der Waals surface area contributed by atoms with E-state index < -0.39 is 5.97 Å². The molecule has 2 aromatic rings. The first-order valence-corrected chi connectivity index (χ1v) is 6.64. The third-order valence-corrected chi connectivity index (χ3v) is 2.86. The van der Waals surface area contributed by atoms with E-state index in [0.29, 0.717) is 17.2 Å². The maximum Gasteiger partial charge on any atom is 0.341 e. The molecule has 7 heteroatoms. The summed E-state index contributed by atoms with van der Waals surface area (Å²) in [5.41, 5.74) is 0.741. The van der Waals surface area contributed by atoms with Crippen LogP contribution in [0.25, 0.3) is 5.57 Å². The van der Waals surface area contributed by atoms with E-state index in [4.69, 9.17) is 18.9 Å². The fourth-order valence-electron chi connectivity index (χ4n) is 1.83. The fraction of sp³-hybridized carbons (Fsp3) is 0.188. The van der Waals surface area contributed by atoms with Gasteiger partial charge in [0.05, 0.1) is 33.7 Å². The van der Waals surface area contributed by atoms with Crippen molar-refractivity contribution in [1.82, 2.24) is 9.97 Å². The number of methoxy groups -OCH3 is 3. The topological polar surface area (TPSA) is 79.8 Å². The van der Waals surface area contributed by atoms with Crippen LogP contribution in [-0.2, 0) is 14.3 Å². The molecule has 1 aromatic heterocycles. The lowest BCUT2D eigenvalue weighted by atomic mass is 10.1. The molecule has 0 spiro atoms. The van der Waals surface area contributed by atoms with Gasteiger partial charge in [-0.3, -0.25) is 0 Å². The first kappa shape index (κ1) is 16.3. The van der Waals surface area contributed by atoms with E-state index in [-0.39, 0.29) is 11.5 Å². The van der Waals surface area contributed by atoms with Gasteiger partial charge >= 0.3 is 5.97 Å². The average molecular weight is 316 g/mol. The third kappa shape index (κ3) is 3.97. The summed E-state index contributed by atoms with van der Waals surface area (Å²) in [6.07, 6.45) is 2.62. The average Bonchev–Trinajstić information content (AvgIpc) is 2.60. The number of aromatic nitrogens is 2. The molecule has 0 bridgehead atoms. The summed E-state index contributed by atoms with van der Waals surface area (Å²) in [5.74, 6) is 0.532. The number of ether oxygens (including phenoxy) is 4. The van der Waals surface area contributed by atoms with Gasteiger partial charge in [-0.1, -0.05) is 18.2 Å². The van der Waals surface area contributed by atoms with Crippen molar-refractivity contribution in [3.63, 3.8) is 0 Å². The number of carbonyl (C=O) groups excluding carboxylic acids is 1. The Labute approximate surface area is 133 Å². The zero-order valence-electron chi connectivity index (χ0n) is 13.0. The minimum atomic E-state index is -0.539. The van der Waals surface area contributed by atoms with Crippen LogP contribution in [0.5, 0.6) is 17.5 Å². The molecule has 1 heterocycles. The highest BCUT2D eigenvalue weighted by Gasteiger charge is 2.18. The van der Waals surface area contributed by atoms with E-state index in [1.54, 1.807) is 24.3 Å². The maximum absolute atomic E-state index is 11.9. The third-order valence-electron chi connectivity index (χ3n) is 2.86. The SMILES string of the molecule is COC=C(C(=O)OC)c1ccccc1Oc1cc(OC)ncn1. The highest BCUT2D eigenvalue weighted by molar-refractivity contribution is 6.17. The minimum Gasteiger partial charge on any atom is -0.503 e. The predicted molar refractivity (Wildman–Crippen MR) is 82.1 cm³/mol. The summed E-state index contributed by atoms with van der Waals surface area (Å²) in [6, 6.07) is 8.51. The highest BCUT2D eigenvalue weighted by Crippen LogP contribution is 2.30. The molecule has 0 aliphatic carbocycles. The summed E-state index contributed by atoms with van der Waals surface area (Å²) >= 11 is 0. The smallest absolute Gasteiger partial charge is 0.341 e. The lowest BCUT2D eigenvalue weighted by molar-refractivity contribution is -0.133. The Bertz CT molecular complexity index is 715. The molecule has 0 radical (unpaired) electrons. The molecular weight excluding hydrogens is 300 g/mol. The Hall–Kier alpha value is -3.09. The second kappa shape index (κ2) is 7.79. The lowest BCUT2D eigenvalue weighted by Gasteiger charge is -2.12. The predicted octanol–water partition coefficient (Wildman–Crippen LogP) is 2.44. The fourth-order valence-corrected chi connectivity index (χ4v) is 1.83. The van der Waals surface area contributed by atoms with Crippen LogP contribution in [0.4, 0.5) is 0 Å². The number of hydrogen-bond donors (Lipinski definition) is 0. The van der Waals surface area contributed by atoms with Crippen LogP contribution in [0.15, 0.2) is 42.9 Å². The molecule has 0 unspecified atom stereocenters. The number of benzene rings is 1. The van der Waals surface area contributed by atoms with Crippen molar-refractivity contribution in [2.45, 2.75) is 0 Å². The quantitative estimate of drug-likeness (QED) is 0.460. The van der Waals surface area contributed by atoms with Crippen LogP contribution in [0.1, 0.15) is 5.56 Å². The molecule has 0 aliphatic heterocycles. The van der Waals surface area contributed by atoms with E-state index in [1.165, 1.54) is 40.0 Å². The van der Waals surface area contributed by atoms with E-state index in [2.05, 4.69) is 9.97 Å². The van der Waals surface area contributed by atoms with Gasteiger partial charge in [0, 0.05) is 5.56 Å². The molecule has 120 valence electrons. The van der Waals surface area contributed by atoms with Crippen LogP contribution in [0, 0.1) is 0 Å². The largest absolute Gasteiger partial charge is 0.503 e. The number of esters is 1. The van der Waals surface area contributed by atoms with Crippen molar-refractivity contribution < 1.29 is 23.7 Å². The Balaban J connectivity index is 2.40. The molecule has 1 aromatic carbocycles. The van der Waals surface area contributed by atoms with Crippen LogP contribution in [-0.4, -0.2) is 37.3 Å². The van der Waals surface area contributed by atoms with Crippen LogP contribution in [0.2, 0.25) is 0 Å². The van der Waals surface area contributed by atoms with Gasteiger partial charge in [0.15, 0.2) is 0 Å². The number of para-hydroxylation sites is 1. The molecular formula is C16H16N2O5. The van der Waals surface area contributed by atoms with Crippen molar-refractivity contribution in [2.24, 2.45) is 0 Å². The first-order chi connectivity index (χ1) is 11.2. The lowest BCUT2D eigenvalue weighted by Crippen LogP contribution is -2.06. The zero-order valence-corrected chi connectivity index (χ0v) is 13.0. The first-order valence-electron chi connectivity index (χ1n) is 6.64. The van der Waals surface area contributed by atoms with Crippen LogP contribution < -0.4 is 9.47 Å². The molecule has 0 N–H and O–H groups in total. The second-order valence-electron chi connectivity index (χ2n) is 4.26. The Kier molecular flexibility index (Phi) is 5.51. The summed E-state index contributed by atoms with van der Waals surface area (Å²) in [5, 5.41) is 0. The van der Waals surface area contributed by atoms with E-state index >= 15 is 0 Å². The number of carbonyl (C=O) groups is 1. The van der Waals surface area contributed by atoms with Gasteiger partial charge in [-0.2, -0.15) is 0 Å². The normalized spacial score (nSPS) is 10.8. The van der Waals surface area contributed by atoms with Crippen molar-refractivity contribution >= 4 is 11.5 Å². The standard InChI is InChI=1S/C16H16N2O5/c1-20-9-12(16(19)22-3)11-6-4-5-7-13(11)23-15-8-14(21-2)17-10-18-15/h4-10H,1-3H3. The van der Waals surface area contributed by atoms with Gasteiger partial charge in [-0.25, -0.2) is 14.8 Å². The molecule has 2 rings (SSSR count). The van der Waals surface area contributed by atoms with E-state index in [1.807, 2.05) is 0 Å². The minimum absolute atomic E-state index is 0.228. The highest BCUT2D eigenvalue weighted by atomic mass is 16.5. The van der Waals surface area contributed by atoms with Gasteiger partial charge in [0.1, 0.15) is 17.6 Å². The maximum atomic E-state index is 11.9. The van der Waals surface area contributed by atoms with Crippen LogP contribution >= 0.6 is 0 Å². The molecule has 0 amide bonds. The molecule has 23 heavy (non-hydrogen) atoms. The summed E-state index contributed by atoms with van der Waals surface area (Å²) in [7, 11) is 4.24. The molecule has 7 nitrogen and oxygen atoms in total. The van der Waals surface area contributed by atoms with Crippen molar-refractivity contribution in [2.75, 3.05) is 21.3 Å². The Morgan fingerprint density at radius 1 is 1.09 bits per heavy atom. The van der Waals surface area contributed by atoms with Gasteiger partial charge in [0.2, 0.25) is 11.8 Å². The van der Waals surface area contributed by atoms with Gasteiger partial charge in [0.25, 0.3) is 0 Å². The van der Waals surface area contributed by atoms with Crippen molar-refractivity contribution in [1.29, 1.82) is 0 Å². The summed E-state index contributed by atoms with van der Waals surface area (Å²) < 4.78 is 20.5. The number of nitrogens with zero attached hydrogens (tertiary/aromatic N) is 2. The molecule has 0 fully saturated rings. The molecule has 0 atom stereocenters. The van der Waals surface area contributed by atoms with Crippen molar-refractivity contribution in [3.05, 3.63) is 48.5 Å². The van der Waals surface area contributed by atoms with E-state index in [9.17, 15) is 4.79 Å². The number of hydrogen-bond acceptors (Lipinski definition) is 7. The molecule has 0 aliphatic rings. The summed E-state index contributed by atoms with van der Waals surface area (Å²) in [6.45, 7) is 0. The van der Waals surface area contributed by atoms with Gasteiger partial charge in [-0.15, -0.1) is 0 Å². The van der Waals surface area contributed by atoms with Gasteiger partial charge in [-0.05, 0) is 6.07 Å². The van der Waals surface area contributed by atoms with Crippen molar-refractivity contribution in [3.8, 4) is 17.5 Å². The Morgan fingerprint density at radius 3 is 2.52 bits per heavy atom. The Morgan fingerprint density at radius 2 is 1.83 bits per heavy atom. The monoisotopic (exact) mass is 316 g/mol.